The maximum absolute atomic E-state index is 12.3. The number of nitrogens with one attached hydrogen (secondary N) is 1. The van der Waals surface area contributed by atoms with Gasteiger partial charge in [0.15, 0.2) is 5.43 Å². The Morgan fingerprint density at radius 3 is 2.76 bits per heavy atom. The second-order valence-corrected chi connectivity index (χ2v) is 4.61. The van der Waals surface area contributed by atoms with Crippen LogP contribution in [0.15, 0.2) is 17.2 Å². The van der Waals surface area contributed by atoms with Crippen LogP contribution < -0.4 is 5.43 Å². The van der Waals surface area contributed by atoms with Crippen LogP contribution in [0.25, 0.3) is 0 Å². The minimum absolute atomic E-state index is 0.126. The number of amides is 1. The molecule has 1 aromatic heterocycles. The molecule has 1 saturated carbocycles. The molecule has 1 amide bonds. The van der Waals surface area contributed by atoms with Gasteiger partial charge in [-0.05, 0) is 26.2 Å². The van der Waals surface area contributed by atoms with E-state index < -0.39 is 0 Å². The van der Waals surface area contributed by atoms with Crippen LogP contribution in [-0.2, 0) is 0 Å². The Morgan fingerprint density at radius 2 is 2.18 bits per heavy atom. The van der Waals surface area contributed by atoms with Crippen molar-refractivity contribution in [3.05, 3.63) is 33.7 Å². The first kappa shape index (κ1) is 11.9. The van der Waals surface area contributed by atoms with Crippen LogP contribution in [0.5, 0.6) is 0 Å². The molecule has 1 heterocycles. The van der Waals surface area contributed by atoms with Crippen LogP contribution in [0.4, 0.5) is 0 Å². The Morgan fingerprint density at radius 1 is 1.47 bits per heavy atom. The minimum atomic E-state index is -0.157. The third-order valence-corrected chi connectivity index (χ3v) is 3.07. The van der Waals surface area contributed by atoms with Crippen molar-refractivity contribution in [1.29, 1.82) is 0 Å². The summed E-state index contributed by atoms with van der Waals surface area (Å²) in [5.74, 6) is -0.126. The molecule has 0 aromatic carbocycles. The number of aromatic amines is 1. The van der Waals surface area contributed by atoms with Crippen molar-refractivity contribution in [1.82, 2.24) is 9.88 Å². The Hall–Kier alpha value is -1.58. The molecule has 0 aliphatic heterocycles. The van der Waals surface area contributed by atoms with Crippen LogP contribution in [-0.4, -0.2) is 28.4 Å². The van der Waals surface area contributed by atoms with E-state index in [9.17, 15) is 9.59 Å². The third kappa shape index (κ3) is 2.40. The lowest BCUT2D eigenvalue weighted by molar-refractivity contribution is 0.0741. The van der Waals surface area contributed by atoms with E-state index in [1.807, 2.05) is 11.8 Å². The van der Waals surface area contributed by atoms with Crippen molar-refractivity contribution in [2.75, 3.05) is 6.54 Å². The van der Waals surface area contributed by atoms with Gasteiger partial charge in [0.25, 0.3) is 5.91 Å². The second-order valence-electron chi connectivity index (χ2n) is 4.61. The maximum Gasteiger partial charge on any atom is 0.259 e. The minimum Gasteiger partial charge on any atom is -0.366 e. The average Bonchev–Trinajstić information content (AvgIpc) is 3.13. The van der Waals surface area contributed by atoms with Crippen molar-refractivity contribution in [2.45, 2.75) is 39.2 Å². The lowest BCUT2D eigenvalue weighted by Crippen LogP contribution is -2.37. The summed E-state index contributed by atoms with van der Waals surface area (Å²) in [5.41, 5.74) is 0.698. The van der Waals surface area contributed by atoms with Crippen LogP contribution in [0.2, 0.25) is 0 Å². The lowest BCUT2D eigenvalue weighted by atomic mass is 10.2. The normalized spacial score (nSPS) is 14.7. The van der Waals surface area contributed by atoms with E-state index in [4.69, 9.17) is 0 Å². The summed E-state index contributed by atoms with van der Waals surface area (Å²) in [6.07, 6.45) is 6.19. The highest BCUT2D eigenvalue weighted by molar-refractivity contribution is 5.94. The molecule has 2 rings (SSSR count). The van der Waals surface area contributed by atoms with Gasteiger partial charge in [0, 0.05) is 30.5 Å². The number of H-pyrrole nitrogens is 1. The Labute approximate surface area is 101 Å². The van der Waals surface area contributed by atoms with Gasteiger partial charge in [-0.15, -0.1) is 0 Å². The number of hydrogen-bond acceptors (Lipinski definition) is 2. The highest BCUT2D eigenvalue weighted by Gasteiger charge is 2.33. The second kappa shape index (κ2) is 4.73. The molecular formula is C13H18N2O2. The molecule has 4 heteroatoms. The van der Waals surface area contributed by atoms with Crippen LogP contribution in [0.1, 0.15) is 42.1 Å². The third-order valence-electron chi connectivity index (χ3n) is 3.07. The molecule has 1 aromatic rings. The maximum atomic E-state index is 12.3. The zero-order valence-electron chi connectivity index (χ0n) is 10.3. The van der Waals surface area contributed by atoms with Crippen LogP contribution in [0, 0.1) is 6.92 Å². The largest absolute Gasteiger partial charge is 0.366 e. The number of pyridine rings is 1. The van der Waals surface area contributed by atoms with Crippen molar-refractivity contribution < 1.29 is 4.79 Å². The molecule has 0 radical (unpaired) electrons. The monoisotopic (exact) mass is 234 g/mol. The smallest absolute Gasteiger partial charge is 0.259 e. The Bertz CT molecular complexity index is 475. The molecule has 1 aliphatic carbocycles. The molecule has 17 heavy (non-hydrogen) atoms. The number of aryl methyl sites for hydroxylation is 1. The zero-order valence-corrected chi connectivity index (χ0v) is 10.3. The van der Waals surface area contributed by atoms with Gasteiger partial charge in [-0.3, -0.25) is 9.59 Å². The molecule has 4 nitrogen and oxygen atoms in total. The first-order chi connectivity index (χ1) is 8.15. The summed E-state index contributed by atoms with van der Waals surface area (Å²) in [6.45, 7) is 4.50. The summed E-state index contributed by atoms with van der Waals surface area (Å²) < 4.78 is 0. The van der Waals surface area contributed by atoms with Gasteiger partial charge in [0.2, 0.25) is 0 Å². The van der Waals surface area contributed by atoms with E-state index in [2.05, 4.69) is 4.98 Å². The van der Waals surface area contributed by atoms with E-state index in [0.717, 1.165) is 25.8 Å². The highest BCUT2D eigenvalue weighted by atomic mass is 16.2. The summed E-state index contributed by atoms with van der Waals surface area (Å²) in [6, 6.07) is 0.349. The van der Waals surface area contributed by atoms with Gasteiger partial charge < -0.3 is 9.88 Å². The molecule has 0 saturated heterocycles. The van der Waals surface area contributed by atoms with E-state index in [1.165, 1.54) is 6.20 Å². The highest BCUT2D eigenvalue weighted by Crippen LogP contribution is 2.27. The van der Waals surface area contributed by atoms with E-state index in [-0.39, 0.29) is 16.9 Å². The zero-order chi connectivity index (χ0) is 12.4. The topological polar surface area (TPSA) is 53.2 Å². The summed E-state index contributed by atoms with van der Waals surface area (Å²) in [4.78, 5) is 28.9. The van der Waals surface area contributed by atoms with Gasteiger partial charge in [-0.1, -0.05) is 6.92 Å². The number of carbonyl (C=O) groups is 1. The molecule has 1 N–H and O–H groups in total. The average molecular weight is 234 g/mol. The molecule has 0 unspecified atom stereocenters. The fraction of sp³-hybridized carbons (Fsp3) is 0.538. The fourth-order valence-corrected chi connectivity index (χ4v) is 1.98. The van der Waals surface area contributed by atoms with E-state index in [0.29, 0.717) is 11.6 Å². The number of aromatic nitrogens is 1. The SMILES string of the molecule is CCCN(C(=O)c1c[nH]cc(C)c1=O)C1CC1. The molecule has 0 atom stereocenters. The van der Waals surface area contributed by atoms with Crippen LogP contribution >= 0.6 is 0 Å². The van der Waals surface area contributed by atoms with Crippen molar-refractivity contribution >= 4 is 5.91 Å². The number of rotatable bonds is 4. The molecular weight excluding hydrogens is 216 g/mol. The standard InChI is InChI=1S/C13H18N2O2/c1-3-6-15(10-4-5-10)13(17)11-8-14-7-9(2)12(11)16/h7-8,10H,3-6H2,1-2H3,(H,14,16). The van der Waals surface area contributed by atoms with E-state index >= 15 is 0 Å². The van der Waals surface area contributed by atoms with Gasteiger partial charge >= 0.3 is 0 Å². The van der Waals surface area contributed by atoms with Gasteiger partial charge in [-0.25, -0.2) is 0 Å². The van der Waals surface area contributed by atoms with Gasteiger partial charge in [0.1, 0.15) is 5.56 Å². The quantitative estimate of drug-likeness (QED) is 0.862. The summed E-state index contributed by atoms with van der Waals surface area (Å²) >= 11 is 0. The predicted molar refractivity (Wildman–Crippen MR) is 66.1 cm³/mol. The summed E-state index contributed by atoms with van der Waals surface area (Å²) in [5, 5.41) is 0. The molecule has 92 valence electrons. The number of nitrogens with zero attached hydrogens (tertiary/aromatic N) is 1. The predicted octanol–water partition coefficient (Wildman–Crippen LogP) is 1.70. The first-order valence-corrected chi connectivity index (χ1v) is 6.13. The molecule has 0 spiro atoms. The lowest BCUT2D eigenvalue weighted by Gasteiger charge is -2.21. The van der Waals surface area contributed by atoms with Crippen LogP contribution in [0.3, 0.4) is 0 Å². The summed E-state index contributed by atoms with van der Waals surface area (Å²) in [7, 11) is 0. The van der Waals surface area contributed by atoms with Crippen molar-refractivity contribution in [3.63, 3.8) is 0 Å². The van der Waals surface area contributed by atoms with E-state index in [1.54, 1.807) is 13.1 Å². The fourth-order valence-electron chi connectivity index (χ4n) is 1.98. The van der Waals surface area contributed by atoms with Gasteiger partial charge in [0.05, 0.1) is 0 Å². The number of hydrogen-bond donors (Lipinski definition) is 1. The Balaban J connectivity index is 2.28. The first-order valence-electron chi connectivity index (χ1n) is 6.13. The number of carbonyl (C=O) groups excluding carboxylic acids is 1. The molecule has 0 bridgehead atoms. The molecule has 1 aliphatic rings. The van der Waals surface area contributed by atoms with Gasteiger partial charge in [-0.2, -0.15) is 0 Å². The Kier molecular flexibility index (Phi) is 3.31. The van der Waals surface area contributed by atoms with Crippen molar-refractivity contribution in [3.8, 4) is 0 Å². The van der Waals surface area contributed by atoms with Crippen molar-refractivity contribution in [2.24, 2.45) is 0 Å². The molecule has 1 fully saturated rings.